The minimum absolute atomic E-state index is 0.0410. The van der Waals surface area contributed by atoms with Crippen molar-refractivity contribution in [2.75, 3.05) is 24.3 Å². The average Bonchev–Trinajstić information content (AvgIpc) is 3.22. The SMILES string of the molecule is CSCCC(NC(=O)C(CC(N)=O)NC(=O)C(CS)NC(=O)C1CCCN1)C(=O)O. The lowest BCUT2D eigenvalue weighted by molar-refractivity contribution is -0.142. The number of amides is 4. The molecular formula is C17H29N5O6S2. The number of primary amides is 1. The predicted octanol–water partition coefficient (Wildman–Crippen LogP) is -2.16. The molecule has 1 fully saturated rings. The van der Waals surface area contributed by atoms with Gasteiger partial charge in [-0.2, -0.15) is 24.4 Å². The Morgan fingerprint density at radius 1 is 1.13 bits per heavy atom. The number of thiol groups is 1. The molecule has 1 rings (SSSR count). The van der Waals surface area contributed by atoms with Crippen LogP contribution in [0, 0.1) is 0 Å². The topological polar surface area (TPSA) is 180 Å². The van der Waals surface area contributed by atoms with Gasteiger partial charge in [0.25, 0.3) is 0 Å². The summed E-state index contributed by atoms with van der Waals surface area (Å²) in [6.07, 6.45) is 2.93. The number of hydrogen-bond donors (Lipinski definition) is 7. The number of nitrogens with one attached hydrogen (secondary N) is 4. The third-order valence-corrected chi connectivity index (χ3v) is 5.46. The summed E-state index contributed by atoms with van der Waals surface area (Å²) in [5.41, 5.74) is 5.17. The van der Waals surface area contributed by atoms with Gasteiger partial charge in [0.2, 0.25) is 23.6 Å². The molecule has 4 amide bonds. The van der Waals surface area contributed by atoms with Gasteiger partial charge in [-0.05, 0) is 37.8 Å². The summed E-state index contributed by atoms with van der Waals surface area (Å²) in [4.78, 5) is 60.0. The number of aliphatic carboxylic acids is 1. The molecule has 7 N–H and O–H groups in total. The van der Waals surface area contributed by atoms with E-state index in [0.29, 0.717) is 18.7 Å². The van der Waals surface area contributed by atoms with Gasteiger partial charge in [0.15, 0.2) is 0 Å². The highest BCUT2D eigenvalue weighted by atomic mass is 32.2. The average molecular weight is 464 g/mol. The van der Waals surface area contributed by atoms with E-state index in [9.17, 15) is 29.1 Å². The molecule has 0 bridgehead atoms. The second kappa shape index (κ2) is 13.3. The first-order chi connectivity index (χ1) is 14.2. The van der Waals surface area contributed by atoms with Gasteiger partial charge < -0.3 is 32.1 Å². The molecule has 1 aliphatic heterocycles. The van der Waals surface area contributed by atoms with Crippen molar-refractivity contribution in [1.82, 2.24) is 21.3 Å². The molecule has 1 saturated heterocycles. The molecule has 0 radical (unpaired) electrons. The Labute approximate surface area is 184 Å². The van der Waals surface area contributed by atoms with E-state index in [4.69, 9.17) is 5.73 Å². The summed E-state index contributed by atoms with van der Waals surface area (Å²) >= 11 is 5.48. The van der Waals surface area contributed by atoms with E-state index in [1.165, 1.54) is 11.8 Å². The van der Waals surface area contributed by atoms with Crippen LogP contribution in [0.1, 0.15) is 25.7 Å². The lowest BCUT2D eigenvalue weighted by Crippen LogP contribution is -2.58. The maximum atomic E-state index is 12.6. The molecule has 4 atom stereocenters. The third-order valence-electron chi connectivity index (χ3n) is 4.46. The zero-order chi connectivity index (χ0) is 22.7. The predicted molar refractivity (Wildman–Crippen MR) is 115 cm³/mol. The largest absolute Gasteiger partial charge is 0.480 e. The quantitative estimate of drug-likeness (QED) is 0.151. The molecule has 0 spiro atoms. The summed E-state index contributed by atoms with van der Waals surface area (Å²) in [7, 11) is 0. The first-order valence-corrected chi connectivity index (χ1v) is 11.5. The molecule has 1 aliphatic rings. The highest BCUT2D eigenvalue weighted by Gasteiger charge is 2.31. The minimum atomic E-state index is -1.38. The van der Waals surface area contributed by atoms with Crippen molar-refractivity contribution in [2.45, 2.75) is 49.9 Å². The summed E-state index contributed by atoms with van der Waals surface area (Å²) in [5.74, 6) is -3.57. The van der Waals surface area contributed by atoms with Crippen LogP contribution >= 0.6 is 24.4 Å². The number of carbonyl (C=O) groups is 5. The van der Waals surface area contributed by atoms with E-state index >= 15 is 0 Å². The van der Waals surface area contributed by atoms with E-state index in [1.807, 2.05) is 0 Å². The first kappa shape index (κ1) is 26.0. The van der Waals surface area contributed by atoms with Crippen molar-refractivity contribution < 1.29 is 29.1 Å². The van der Waals surface area contributed by atoms with Crippen molar-refractivity contribution in [1.29, 1.82) is 0 Å². The summed E-state index contributed by atoms with van der Waals surface area (Å²) in [6.45, 7) is 0.706. The summed E-state index contributed by atoms with van der Waals surface area (Å²) in [5, 5.41) is 19.5. The van der Waals surface area contributed by atoms with Gasteiger partial charge in [-0.1, -0.05) is 0 Å². The Bertz CT molecular complexity index is 644. The Morgan fingerprint density at radius 3 is 2.27 bits per heavy atom. The van der Waals surface area contributed by atoms with Crippen molar-refractivity contribution >= 4 is 54.0 Å². The normalized spacial score (nSPS) is 18.7. The second-order valence-electron chi connectivity index (χ2n) is 6.81. The molecule has 13 heteroatoms. The molecule has 1 heterocycles. The van der Waals surface area contributed by atoms with Crippen LogP contribution in [0.5, 0.6) is 0 Å². The minimum Gasteiger partial charge on any atom is -0.480 e. The Morgan fingerprint density at radius 2 is 1.77 bits per heavy atom. The van der Waals surface area contributed by atoms with Crippen molar-refractivity contribution in [2.24, 2.45) is 5.73 Å². The van der Waals surface area contributed by atoms with Crippen LogP contribution in [-0.2, 0) is 24.0 Å². The molecular weight excluding hydrogens is 434 g/mol. The fourth-order valence-electron chi connectivity index (χ4n) is 2.82. The zero-order valence-electron chi connectivity index (χ0n) is 16.7. The fraction of sp³-hybridized carbons (Fsp3) is 0.706. The Kier molecular flexibility index (Phi) is 11.6. The molecule has 30 heavy (non-hydrogen) atoms. The molecule has 4 unspecified atom stereocenters. The lowest BCUT2D eigenvalue weighted by atomic mass is 10.1. The lowest BCUT2D eigenvalue weighted by Gasteiger charge is -2.24. The Hall–Kier alpha value is -1.99. The van der Waals surface area contributed by atoms with Crippen LogP contribution in [-0.4, -0.2) is 83.2 Å². The fourth-order valence-corrected chi connectivity index (χ4v) is 3.55. The van der Waals surface area contributed by atoms with E-state index < -0.39 is 54.3 Å². The number of rotatable bonds is 13. The van der Waals surface area contributed by atoms with Gasteiger partial charge in [0, 0.05) is 5.75 Å². The molecule has 0 aliphatic carbocycles. The number of carboxylic acids is 1. The standard InChI is InChI=1S/C17H29N5O6S2/c1-30-6-4-10(17(27)28)20-15(25)11(7-13(18)23)21-16(26)12(8-29)22-14(24)9-3-2-5-19-9/h9-12,19,29H,2-8H2,1H3,(H2,18,23)(H,20,25)(H,21,26)(H,22,24)(H,27,28). The van der Waals surface area contributed by atoms with Crippen molar-refractivity contribution in [3.8, 4) is 0 Å². The first-order valence-electron chi connectivity index (χ1n) is 9.45. The van der Waals surface area contributed by atoms with Crippen LogP contribution < -0.4 is 27.0 Å². The van der Waals surface area contributed by atoms with Crippen molar-refractivity contribution in [3.63, 3.8) is 0 Å². The van der Waals surface area contributed by atoms with Crippen LogP contribution in [0.3, 0.4) is 0 Å². The number of carbonyl (C=O) groups excluding carboxylic acids is 4. The maximum absolute atomic E-state index is 12.6. The summed E-state index contributed by atoms with van der Waals surface area (Å²) < 4.78 is 0. The molecule has 0 saturated carbocycles. The van der Waals surface area contributed by atoms with E-state index in [2.05, 4.69) is 33.9 Å². The van der Waals surface area contributed by atoms with Crippen LogP contribution in [0.25, 0.3) is 0 Å². The third kappa shape index (κ3) is 8.79. The van der Waals surface area contributed by atoms with Gasteiger partial charge in [0.1, 0.15) is 18.1 Å². The highest BCUT2D eigenvalue weighted by Crippen LogP contribution is 2.06. The number of nitrogens with two attached hydrogens (primary N) is 1. The van der Waals surface area contributed by atoms with Gasteiger partial charge in [0.05, 0.1) is 12.5 Å². The summed E-state index contributed by atoms with van der Waals surface area (Å²) in [6, 6.07) is -4.00. The number of hydrogen-bond acceptors (Lipinski definition) is 8. The smallest absolute Gasteiger partial charge is 0.326 e. The van der Waals surface area contributed by atoms with Gasteiger partial charge in [-0.15, -0.1) is 0 Å². The van der Waals surface area contributed by atoms with E-state index in [1.54, 1.807) is 6.26 Å². The monoisotopic (exact) mass is 463 g/mol. The molecule has 11 nitrogen and oxygen atoms in total. The number of carboxylic acid groups (broad SMARTS) is 1. The molecule has 0 aromatic rings. The maximum Gasteiger partial charge on any atom is 0.326 e. The van der Waals surface area contributed by atoms with Crippen LogP contribution in [0.2, 0.25) is 0 Å². The van der Waals surface area contributed by atoms with Crippen LogP contribution in [0.15, 0.2) is 0 Å². The van der Waals surface area contributed by atoms with Gasteiger partial charge in [-0.3, -0.25) is 19.2 Å². The zero-order valence-corrected chi connectivity index (χ0v) is 18.4. The van der Waals surface area contributed by atoms with Crippen molar-refractivity contribution in [3.05, 3.63) is 0 Å². The Balaban J connectivity index is 2.78. The second-order valence-corrected chi connectivity index (χ2v) is 8.16. The van der Waals surface area contributed by atoms with Gasteiger partial charge >= 0.3 is 5.97 Å². The molecule has 0 aromatic carbocycles. The molecule has 170 valence electrons. The van der Waals surface area contributed by atoms with Gasteiger partial charge in [-0.25, -0.2) is 4.79 Å². The van der Waals surface area contributed by atoms with E-state index in [0.717, 1.165) is 6.42 Å². The number of thioether (sulfide) groups is 1. The molecule has 0 aromatic heterocycles. The highest BCUT2D eigenvalue weighted by molar-refractivity contribution is 7.98. The van der Waals surface area contributed by atoms with E-state index in [-0.39, 0.29) is 18.1 Å². The van der Waals surface area contributed by atoms with Crippen LogP contribution in [0.4, 0.5) is 0 Å².